The van der Waals surface area contributed by atoms with Gasteiger partial charge >= 0.3 is 5.97 Å². The molecule has 3 N–H and O–H groups in total. The summed E-state index contributed by atoms with van der Waals surface area (Å²) in [4.78, 5) is 25.4. The number of hydrogen-bond acceptors (Lipinski definition) is 7. The minimum atomic E-state index is -0.641. The first-order valence-electron chi connectivity index (χ1n) is 13.0. The SMILES string of the molecule is CCOC(=O)C1=C(C)NC(=S)N[C@@H]1c1ccccc1OCC(=O)NN=Cc1cc(Br)cc(I)c1OCc1ccc(F)cc1. The number of rotatable bonds is 11. The molecule has 9 nitrogen and oxygen atoms in total. The molecule has 0 fully saturated rings. The molecule has 0 saturated heterocycles. The predicted molar refractivity (Wildman–Crippen MR) is 176 cm³/mol. The van der Waals surface area contributed by atoms with E-state index >= 15 is 0 Å². The average molecular weight is 781 g/mol. The highest BCUT2D eigenvalue weighted by molar-refractivity contribution is 14.1. The van der Waals surface area contributed by atoms with Crippen LogP contribution < -0.4 is 25.5 Å². The molecule has 3 aromatic rings. The first-order chi connectivity index (χ1) is 20.7. The van der Waals surface area contributed by atoms with Crippen LogP contribution in [0.25, 0.3) is 0 Å². The van der Waals surface area contributed by atoms with Gasteiger partial charge < -0.3 is 24.8 Å². The predicted octanol–water partition coefficient (Wildman–Crippen LogP) is 5.66. The minimum Gasteiger partial charge on any atom is -0.487 e. The zero-order valence-corrected chi connectivity index (χ0v) is 27.6. The number of esters is 1. The molecule has 0 aromatic heterocycles. The van der Waals surface area contributed by atoms with Crippen LogP contribution in [0.4, 0.5) is 4.39 Å². The topological polar surface area (TPSA) is 110 Å². The lowest BCUT2D eigenvalue weighted by Gasteiger charge is -2.30. The van der Waals surface area contributed by atoms with Gasteiger partial charge in [0.1, 0.15) is 23.9 Å². The number of amides is 1. The Labute approximate surface area is 275 Å². The fourth-order valence-electron chi connectivity index (χ4n) is 4.17. The summed E-state index contributed by atoms with van der Waals surface area (Å²) in [7, 11) is 0. The number of thiocarbonyl (C=S) groups is 1. The van der Waals surface area contributed by atoms with Crippen LogP contribution in [0, 0.1) is 9.39 Å². The number of para-hydroxylation sites is 1. The van der Waals surface area contributed by atoms with Crippen LogP contribution in [-0.4, -0.2) is 36.4 Å². The zero-order valence-electron chi connectivity index (χ0n) is 23.1. The fraction of sp³-hybridized carbons (Fsp3) is 0.200. The highest BCUT2D eigenvalue weighted by atomic mass is 127. The lowest BCUT2D eigenvalue weighted by Crippen LogP contribution is -2.45. The van der Waals surface area contributed by atoms with E-state index in [0.29, 0.717) is 39.0 Å². The van der Waals surface area contributed by atoms with E-state index in [4.69, 9.17) is 26.4 Å². The molecule has 1 aliphatic heterocycles. The maximum atomic E-state index is 13.2. The summed E-state index contributed by atoms with van der Waals surface area (Å²) < 4.78 is 32.0. The molecule has 1 amide bonds. The van der Waals surface area contributed by atoms with Crippen molar-refractivity contribution in [1.29, 1.82) is 0 Å². The summed E-state index contributed by atoms with van der Waals surface area (Å²) in [6.45, 7) is 3.57. The summed E-state index contributed by atoms with van der Waals surface area (Å²) in [5.41, 5.74) is 5.42. The maximum absolute atomic E-state index is 13.2. The summed E-state index contributed by atoms with van der Waals surface area (Å²) in [5, 5.41) is 10.5. The molecule has 3 aromatic carbocycles. The Kier molecular flexibility index (Phi) is 11.5. The number of nitrogens with one attached hydrogen (secondary N) is 3. The molecule has 43 heavy (non-hydrogen) atoms. The second-order valence-corrected chi connectivity index (χ2v) is 11.6. The van der Waals surface area contributed by atoms with Crippen molar-refractivity contribution in [3.8, 4) is 11.5 Å². The molecular formula is C30H27BrFIN4O5S. The van der Waals surface area contributed by atoms with Crippen LogP contribution >= 0.6 is 50.7 Å². The van der Waals surface area contributed by atoms with Crippen molar-refractivity contribution in [3.05, 3.63) is 102 Å². The van der Waals surface area contributed by atoms with Gasteiger partial charge in [-0.2, -0.15) is 5.10 Å². The van der Waals surface area contributed by atoms with Crippen molar-refractivity contribution in [1.82, 2.24) is 16.1 Å². The normalized spacial score (nSPS) is 14.6. The molecular weight excluding hydrogens is 754 g/mol. The number of allylic oxidation sites excluding steroid dienone is 1. The molecule has 1 aliphatic rings. The van der Waals surface area contributed by atoms with Gasteiger partial charge in [0.25, 0.3) is 5.91 Å². The molecule has 0 bridgehead atoms. The zero-order chi connectivity index (χ0) is 30.9. The Morgan fingerprint density at radius 3 is 2.65 bits per heavy atom. The first-order valence-corrected chi connectivity index (χ1v) is 15.3. The van der Waals surface area contributed by atoms with Gasteiger partial charge in [0.05, 0.1) is 28.0 Å². The number of carbonyl (C=O) groups excluding carboxylic acids is 2. The van der Waals surface area contributed by atoms with Gasteiger partial charge in [-0.05, 0) is 84.6 Å². The number of nitrogens with zero attached hydrogens (tertiary/aromatic N) is 1. The molecule has 0 aliphatic carbocycles. The second-order valence-electron chi connectivity index (χ2n) is 9.13. The van der Waals surface area contributed by atoms with Gasteiger partial charge in [-0.3, -0.25) is 4.79 Å². The minimum absolute atomic E-state index is 0.215. The fourth-order valence-corrected chi connectivity index (χ4v) is 6.15. The first kappa shape index (κ1) is 32.4. The van der Waals surface area contributed by atoms with Gasteiger partial charge in [0.2, 0.25) is 0 Å². The lowest BCUT2D eigenvalue weighted by atomic mass is 9.95. The number of carbonyl (C=O) groups is 2. The highest BCUT2D eigenvalue weighted by Crippen LogP contribution is 2.34. The highest BCUT2D eigenvalue weighted by Gasteiger charge is 2.32. The van der Waals surface area contributed by atoms with E-state index in [2.05, 4.69) is 59.7 Å². The molecule has 0 saturated carbocycles. The molecule has 0 radical (unpaired) electrons. The van der Waals surface area contributed by atoms with Crippen molar-refractivity contribution in [3.63, 3.8) is 0 Å². The molecule has 1 atom stereocenters. The number of hydrogen-bond donors (Lipinski definition) is 3. The second kappa shape index (κ2) is 15.3. The van der Waals surface area contributed by atoms with E-state index in [-0.39, 0.29) is 25.6 Å². The Hall–Kier alpha value is -3.56. The van der Waals surface area contributed by atoms with Crippen molar-refractivity contribution < 1.29 is 28.2 Å². The quantitative estimate of drug-likeness (QED) is 0.0753. The third-order valence-electron chi connectivity index (χ3n) is 6.08. The average Bonchev–Trinajstić information content (AvgIpc) is 2.96. The van der Waals surface area contributed by atoms with Gasteiger partial charge in [0.15, 0.2) is 11.7 Å². The van der Waals surface area contributed by atoms with Crippen LogP contribution in [0.15, 0.2) is 81.5 Å². The van der Waals surface area contributed by atoms with Crippen molar-refractivity contribution in [2.45, 2.75) is 26.5 Å². The van der Waals surface area contributed by atoms with Gasteiger partial charge in [-0.15, -0.1) is 0 Å². The van der Waals surface area contributed by atoms with Crippen molar-refractivity contribution in [2.75, 3.05) is 13.2 Å². The van der Waals surface area contributed by atoms with Crippen molar-refractivity contribution >= 4 is 73.9 Å². The largest absolute Gasteiger partial charge is 0.487 e. The van der Waals surface area contributed by atoms with E-state index < -0.39 is 17.9 Å². The molecule has 0 spiro atoms. The molecule has 1 heterocycles. The third-order valence-corrected chi connectivity index (χ3v) is 7.56. The van der Waals surface area contributed by atoms with E-state index in [1.54, 1.807) is 56.3 Å². The summed E-state index contributed by atoms with van der Waals surface area (Å²) in [6.07, 6.45) is 1.47. The summed E-state index contributed by atoms with van der Waals surface area (Å²) >= 11 is 10.9. The Morgan fingerprint density at radius 2 is 1.91 bits per heavy atom. The van der Waals surface area contributed by atoms with Gasteiger partial charge in [0, 0.05) is 21.3 Å². The number of hydrazone groups is 1. The van der Waals surface area contributed by atoms with Gasteiger partial charge in [-0.25, -0.2) is 14.6 Å². The molecule has 224 valence electrons. The lowest BCUT2D eigenvalue weighted by molar-refractivity contribution is -0.139. The smallest absolute Gasteiger partial charge is 0.338 e. The number of ether oxygens (including phenoxy) is 3. The maximum Gasteiger partial charge on any atom is 0.338 e. The van der Waals surface area contributed by atoms with E-state index in [1.165, 1.54) is 18.3 Å². The van der Waals surface area contributed by atoms with E-state index in [9.17, 15) is 14.0 Å². The van der Waals surface area contributed by atoms with Crippen LogP contribution in [0.5, 0.6) is 11.5 Å². The number of benzene rings is 3. The van der Waals surface area contributed by atoms with Crippen LogP contribution in [0.1, 0.15) is 36.6 Å². The monoisotopic (exact) mass is 780 g/mol. The molecule has 13 heteroatoms. The van der Waals surface area contributed by atoms with E-state index in [1.807, 2.05) is 6.07 Å². The molecule has 0 unspecified atom stereocenters. The van der Waals surface area contributed by atoms with Crippen molar-refractivity contribution in [2.24, 2.45) is 5.10 Å². The van der Waals surface area contributed by atoms with E-state index in [0.717, 1.165) is 13.6 Å². The van der Waals surface area contributed by atoms with Crippen LogP contribution in [0.3, 0.4) is 0 Å². The Balaban J connectivity index is 1.43. The third kappa shape index (κ3) is 8.74. The standard InChI is InChI=1S/C30H27BrFIN4O5S/c1-3-40-29(39)26-17(2)35-30(43)36-27(26)22-6-4-5-7-24(22)41-16-25(38)37-34-14-19-12-20(31)13-23(33)28(19)42-15-18-8-10-21(32)11-9-18/h4-14,27H,3,15-16H2,1-2H3,(H,37,38)(H2,35,36,43)/t27-/m1/s1. The van der Waals surface area contributed by atoms with Gasteiger partial charge in [-0.1, -0.05) is 46.3 Å². The van der Waals surface area contributed by atoms with Crippen LogP contribution in [0.2, 0.25) is 0 Å². The summed E-state index contributed by atoms with van der Waals surface area (Å²) in [5.74, 6) is -0.368. The Morgan fingerprint density at radius 1 is 1.16 bits per heavy atom. The summed E-state index contributed by atoms with van der Waals surface area (Å²) in [6, 6.07) is 16.1. The number of halogens is 3. The molecule has 4 rings (SSSR count). The van der Waals surface area contributed by atoms with Crippen LogP contribution in [-0.2, 0) is 20.9 Å². The Bertz CT molecular complexity index is 1590.